The van der Waals surface area contributed by atoms with Crippen LogP contribution in [0.15, 0.2) is 91.0 Å². The first kappa shape index (κ1) is 40.5. The van der Waals surface area contributed by atoms with Crippen LogP contribution in [0, 0.1) is 0 Å². The molecule has 0 radical (unpaired) electrons. The van der Waals surface area contributed by atoms with Crippen molar-refractivity contribution in [1.82, 2.24) is 5.32 Å². The van der Waals surface area contributed by atoms with Crippen molar-refractivity contribution in [3.05, 3.63) is 108 Å². The molecule has 0 aliphatic heterocycles. The Morgan fingerprint density at radius 2 is 1.24 bits per heavy atom. The third-order valence-electron chi connectivity index (χ3n) is 8.46. The number of carbonyl (C=O) groups excluding carboxylic acids is 2. The molecule has 3 rings (SSSR count). The van der Waals surface area contributed by atoms with Gasteiger partial charge in [-0.3, -0.25) is 9.59 Å². The van der Waals surface area contributed by atoms with E-state index in [1.54, 1.807) is 0 Å². The zero-order valence-corrected chi connectivity index (χ0v) is 32.4. The number of nitrogens with two attached hydrogens (primary N) is 1. The number of benzene rings is 3. The second kappa shape index (κ2) is 20.0. The van der Waals surface area contributed by atoms with E-state index in [0.717, 1.165) is 23.2 Å². The van der Waals surface area contributed by atoms with E-state index in [1.807, 2.05) is 91.0 Å². The average molecular weight is 707 g/mol. The summed E-state index contributed by atoms with van der Waals surface area (Å²) in [6.45, 7) is 14.9. The number of ketones is 1. The quantitative estimate of drug-likeness (QED) is 0.0449. The number of ether oxygens (including phenoxy) is 4. The molecule has 0 saturated heterocycles. The molecular weight excluding hydrogens is 649 g/mol. The Morgan fingerprint density at radius 1 is 0.735 bits per heavy atom. The van der Waals surface area contributed by atoms with Crippen molar-refractivity contribution in [2.24, 2.45) is 5.73 Å². The zero-order chi connectivity index (χ0) is 35.8. The number of hydrogen-bond acceptors (Lipinski definition) is 7. The van der Waals surface area contributed by atoms with Gasteiger partial charge in [-0.1, -0.05) is 130 Å². The molecule has 3 atom stereocenters. The second-order valence-corrected chi connectivity index (χ2v) is 26.5. The Kier molecular flexibility index (Phi) is 16.5. The summed E-state index contributed by atoms with van der Waals surface area (Å²) in [5.41, 5.74) is 7.39. The Hall–Kier alpha value is -2.97. The zero-order valence-electron chi connectivity index (χ0n) is 30.4. The molecule has 3 unspecified atom stereocenters. The molecule has 0 aliphatic rings. The summed E-state index contributed by atoms with van der Waals surface area (Å²) in [4.78, 5) is 26.9. The lowest BCUT2D eigenvalue weighted by atomic mass is 9.84. The van der Waals surface area contributed by atoms with E-state index in [0.29, 0.717) is 25.2 Å². The predicted molar refractivity (Wildman–Crippen MR) is 203 cm³/mol. The van der Waals surface area contributed by atoms with Gasteiger partial charge in [0, 0.05) is 53.8 Å². The molecule has 8 nitrogen and oxygen atoms in total. The van der Waals surface area contributed by atoms with Gasteiger partial charge < -0.3 is 30.0 Å². The summed E-state index contributed by atoms with van der Waals surface area (Å²) in [7, 11) is -2.65. The summed E-state index contributed by atoms with van der Waals surface area (Å²) in [5.74, 6) is -0.640. The van der Waals surface area contributed by atoms with E-state index in [-0.39, 0.29) is 44.8 Å². The van der Waals surface area contributed by atoms with Crippen molar-refractivity contribution in [2.75, 3.05) is 33.3 Å². The van der Waals surface area contributed by atoms with Crippen LogP contribution in [0.5, 0.6) is 0 Å². The highest BCUT2D eigenvalue weighted by molar-refractivity contribution is 6.76. The highest BCUT2D eigenvalue weighted by Crippen LogP contribution is 2.28. The summed E-state index contributed by atoms with van der Waals surface area (Å²) in [5, 5.41) is 3.49. The molecule has 0 bridgehead atoms. The predicted octanol–water partition coefficient (Wildman–Crippen LogP) is 6.95. The standard InChI is InChI=1S/C39H58N2O6Si2/c1-48(2,3)24-22-44-30-46-37(35(26-32-16-10-7-11-17-32)41-29-36(42)34-20-14-9-15-21-34)28-39(38(40)43,27-33-18-12-8-13-19-33)47-31-45-23-25-49(4,5)6/h7-21,35,37,41H,22-31H2,1-6H3,(H2,40,43). The minimum Gasteiger partial charge on any atom is -0.367 e. The van der Waals surface area contributed by atoms with Gasteiger partial charge in [-0.05, 0) is 29.6 Å². The first-order valence-electron chi connectivity index (χ1n) is 17.4. The molecule has 0 saturated carbocycles. The molecule has 3 aromatic rings. The molecule has 268 valence electrons. The van der Waals surface area contributed by atoms with E-state index in [9.17, 15) is 9.59 Å². The number of primary amides is 1. The number of hydrogen-bond donors (Lipinski definition) is 2. The number of rotatable bonds is 24. The molecule has 3 N–H and O–H groups in total. The maximum absolute atomic E-state index is 13.6. The topological polar surface area (TPSA) is 109 Å². The van der Waals surface area contributed by atoms with Crippen LogP contribution in [-0.4, -0.2) is 78.9 Å². The summed E-state index contributed by atoms with van der Waals surface area (Å²) in [6, 6.07) is 30.5. The van der Waals surface area contributed by atoms with E-state index in [2.05, 4.69) is 44.6 Å². The lowest BCUT2D eigenvalue weighted by Crippen LogP contribution is -2.55. The van der Waals surface area contributed by atoms with Crippen molar-refractivity contribution in [3.8, 4) is 0 Å². The van der Waals surface area contributed by atoms with Gasteiger partial charge in [-0.15, -0.1) is 0 Å². The Labute approximate surface area is 296 Å². The van der Waals surface area contributed by atoms with Crippen LogP contribution < -0.4 is 11.1 Å². The van der Waals surface area contributed by atoms with E-state index in [4.69, 9.17) is 24.7 Å². The largest absolute Gasteiger partial charge is 0.367 e. The number of nitrogens with one attached hydrogen (secondary N) is 1. The number of Topliss-reactive ketones (excluding diaryl/α,β-unsaturated/α-hetero) is 1. The smallest absolute Gasteiger partial charge is 0.250 e. The third kappa shape index (κ3) is 15.6. The van der Waals surface area contributed by atoms with Gasteiger partial charge in [-0.2, -0.15) is 0 Å². The maximum atomic E-state index is 13.6. The molecule has 1 amide bonds. The van der Waals surface area contributed by atoms with Gasteiger partial charge in [0.15, 0.2) is 11.4 Å². The molecule has 0 aromatic heterocycles. The molecule has 0 fully saturated rings. The van der Waals surface area contributed by atoms with Crippen LogP contribution in [0.2, 0.25) is 51.4 Å². The molecule has 0 heterocycles. The molecule has 0 aliphatic carbocycles. The van der Waals surface area contributed by atoms with Crippen LogP contribution in [-0.2, 0) is 36.6 Å². The summed E-state index contributed by atoms with van der Waals surface area (Å²) >= 11 is 0. The van der Waals surface area contributed by atoms with Gasteiger partial charge in [0.2, 0.25) is 5.91 Å². The van der Waals surface area contributed by atoms with Gasteiger partial charge in [0.1, 0.15) is 13.6 Å². The third-order valence-corrected chi connectivity index (χ3v) is 11.9. The average Bonchev–Trinajstić information content (AvgIpc) is 3.05. The van der Waals surface area contributed by atoms with Gasteiger partial charge in [0.25, 0.3) is 0 Å². The van der Waals surface area contributed by atoms with E-state index >= 15 is 0 Å². The fourth-order valence-corrected chi connectivity index (χ4v) is 6.84. The van der Waals surface area contributed by atoms with Crippen molar-refractivity contribution >= 4 is 27.8 Å². The van der Waals surface area contributed by atoms with Gasteiger partial charge in [0.05, 0.1) is 12.6 Å². The van der Waals surface area contributed by atoms with Crippen LogP contribution in [0.25, 0.3) is 0 Å². The van der Waals surface area contributed by atoms with Crippen LogP contribution in [0.1, 0.15) is 27.9 Å². The van der Waals surface area contributed by atoms with Crippen molar-refractivity contribution in [1.29, 1.82) is 0 Å². The summed E-state index contributed by atoms with van der Waals surface area (Å²) < 4.78 is 24.9. The van der Waals surface area contributed by atoms with Crippen LogP contribution in [0.3, 0.4) is 0 Å². The van der Waals surface area contributed by atoms with Crippen LogP contribution in [0.4, 0.5) is 0 Å². The fourth-order valence-electron chi connectivity index (χ4n) is 5.33. The molecule has 0 spiro atoms. The second-order valence-electron chi connectivity index (χ2n) is 15.2. The molecule has 49 heavy (non-hydrogen) atoms. The Balaban J connectivity index is 1.95. The van der Waals surface area contributed by atoms with Crippen molar-refractivity contribution < 1.29 is 28.5 Å². The Bertz CT molecular complexity index is 1380. The minimum absolute atomic E-state index is 0.0294. The maximum Gasteiger partial charge on any atom is 0.250 e. The highest BCUT2D eigenvalue weighted by Gasteiger charge is 2.43. The molecule has 3 aromatic carbocycles. The number of amides is 1. The monoisotopic (exact) mass is 706 g/mol. The highest BCUT2D eigenvalue weighted by atomic mass is 28.3. The van der Waals surface area contributed by atoms with Crippen molar-refractivity contribution in [2.45, 2.75) is 88.4 Å². The fraction of sp³-hybridized carbons (Fsp3) is 0.487. The van der Waals surface area contributed by atoms with E-state index < -0.39 is 33.8 Å². The van der Waals surface area contributed by atoms with Gasteiger partial charge >= 0.3 is 0 Å². The van der Waals surface area contributed by atoms with Crippen LogP contribution >= 0.6 is 0 Å². The SMILES string of the molecule is C[Si](C)(C)CCOCOC(CC(Cc1ccccc1)(OCOCC[Si](C)(C)C)C(N)=O)C(Cc1ccccc1)NCC(=O)c1ccccc1. The van der Waals surface area contributed by atoms with Gasteiger partial charge in [-0.25, -0.2) is 0 Å². The lowest BCUT2D eigenvalue weighted by Gasteiger charge is -2.37. The van der Waals surface area contributed by atoms with Crippen molar-refractivity contribution in [3.63, 3.8) is 0 Å². The normalized spacial score (nSPS) is 14.6. The lowest BCUT2D eigenvalue weighted by molar-refractivity contribution is -0.182. The van der Waals surface area contributed by atoms with E-state index in [1.165, 1.54) is 0 Å². The first-order valence-corrected chi connectivity index (χ1v) is 24.8. The minimum atomic E-state index is -1.45. The molecule has 10 heteroatoms. The summed E-state index contributed by atoms with van der Waals surface area (Å²) in [6.07, 6.45) is 0.275. The Morgan fingerprint density at radius 3 is 1.78 bits per heavy atom. The first-order chi connectivity index (χ1) is 23.3. The number of carbonyl (C=O) groups is 2. The molecular formula is C39H58N2O6Si2.